The Labute approximate surface area is 186 Å². The molecule has 1 unspecified atom stereocenters. The number of rotatable bonds is 6. The number of imide groups is 1. The lowest BCUT2D eigenvalue weighted by molar-refractivity contribution is -0.136. The van der Waals surface area contributed by atoms with Gasteiger partial charge in [-0.25, -0.2) is 4.68 Å². The Hall–Kier alpha value is -3.51. The summed E-state index contributed by atoms with van der Waals surface area (Å²) in [5.74, 6) is -5.01. The number of hydrogen-bond donors (Lipinski definition) is 3. The van der Waals surface area contributed by atoms with Crippen molar-refractivity contribution in [2.24, 2.45) is 7.05 Å². The van der Waals surface area contributed by atoms with Crippen molar-refractivity contribution in [2.45, 2.75) is 44.1 Å². The first-order valence-electron chi connectivity index (χ1n) is 10.2. The van der Waals surface area contributed by atoms with Gasteiger partial charge in [0.05, 0.1) is 11.8 Å². The van der Waals surface area contributed by atoms with Crippen LogP contribution in [0.2, 0.25) is 0 Å². The van der Waals surface area contributed by atoms with E-state index in [1.54, 1.807) is 12.1 Å². The molecule has 0 aliphatic carbocycles. The summed E-state index contributed by atoms with van der Waals surface area (Å²) in [6, 6.07) is 4.69. The highest BCUT2D eigenvalue weighted by Gasteiger charge is 2.42. The number of halogens is 2. The number of carbonyl (C=O) groups excluding carboxylic acids is 3. The van der Waals surface area contributed by atoms with E-state index >= 15 is 0 Å². The molecule has 0 radical (unpaired) electrons. The van der Waals surface area contributed by atoms with Crippen molar-refractivity contribution in [1.82, 2.24) is 25.3 Å². The van der Waals surface area contributed by atoms with Gasteiger partial charge in [0, 0.05) is 38.2 Å². The Balaban J connectivity index is 1.44. The van der Waals surface area contributed by atoms with E-state index in [-0.39, 0.29) is 37.7 Å². The van der Waals surface area contributed by atoms with Crippen molar-refractivity contribution < 1.29 is 28.3 Å². The van der Waals surface area contributed by atoms with Crippen molar-refractivity contribution in [3.05, 3.63) is 63.1 Å². The largest absolute Gasteiger partial charge is 0.372 e. The predicted octanol–water partition coefficient (Wildman–Crippen LogP) is -0.259. The third-order valence-corrected chi connectivity index (χ3v) is 5.78. The van der Waals surface area contributed by atoms with E-state index in [0.29, 0.717) is 22.8 Å². The zero-order valence-electron chi connectivity index (χ0n) is 17.5. The van der Waals surface area contributed by atoms with Crippen LogP contribution in [-0.2, 0) is 35.6 Å². The second-order valence-electron chi connectivity index (χ2n) is 8.00. The number of aliphatic hydroxyl groups excluding tert-OH is 1. The van der Waals surface area contributed by atoms with E-state index in [4.69, 9.17) is 0 Å². The normalized spacial score (nSPS) is 19.5. The highest BCUT2D eigenvalue weighted by Crippen LogP contribution is 2.31. The minimum atomic E-state index is -3.77. The number of alkyl halides is 2. The number of carbonyl (C=O) groups is 3. The zero-order valence-corrected chi connectivity index (χ0v) is 17.5. The number of benzene rings is 1. The van der Waals surface area contributed by atoms with Gasteiger partial charge in [-0.3, -0.25) is 29.8 Å². The van der Waals surface area contributed by atoms with E-state index in [1.807, 2.05) is 0 Å². The maximum absolute atomic E-state index is 14.5. The van der Waals surface area contributed by atoms with Gasteiger partial charge in [-0.05, 0) is 23.6 Å². The van der Waals surface area contributed by atoms with Gasteiger partial charge in [-0.2, -0.15) is 13.9 Å². The van der Waals surface area contributed by atoms with Gasteiger partial charge in [0.1, 0.15) is 6.04 Å². The molecule has 2 aliphatic rings. The number of piperidine rings is 1. The molecule has 2 atom stereocenters. The second-order valence-corrected chi connectivity index (χ2v) is 8.00. The van der Waals surface area contributed by atoms with Gasteiger partial charge in [-0.15, -0.1) is 0 Å². The molecule has 1 saturated heterocycles. The monoisotopic (exact) mass is 461 g/mol. The quantitative estimate of drug-likeness (QED) is 0.399. The van der Waals surface area contributed by atoms with Gasteiger partial charge in [0.25, 0.3) is 11.5 Å². The number of hydrogen-bond acceptors (Lipinski definition) is 7. The van der Waals surface area contributed by atoms with Crippen LogP contribution in [0.5, 0.6) is 0 Å². The van der Waals surface area contributed by atoms with Gasteiger partial charge in [-0.1, -0.05) is 12.1 Å². The molecular weight excluding hydrogens is 440 g/mol. The van der Waals surface area contributed by atoms with Crippen LogP contribution in [-0.4, -0.2) is 49.8 Å². The maximum atomic E-state index is 14.5. The van der Waals surface area contributed by atoms with Crippen LogP contribution in [0.1, 0.15) is 39.9 Å². The first-order valence-corrected chi connectivity index (χ1v) is 10.2. The van der Waals surface area contributed by atoms with Crippen molar-refractivity contribution in [1.29, 1.82) is 0 Å². The summed E-state index contributed by atoms with van der Waals surface area (Å²) < 4.78 is 30.0. The summed E-state index contributed by atoms with van der Waals surface area (Å²) in [6.45, 7) is 0.000885. The molecule has 1 fully saturated rings. The molecular formula is C21H21F2N5O5. The van der Waals surface area contributed by atoms with Crippen LogP contribution in [0.15, 0.2) is 35.3 Å². The standard InChI is InChI=1S/C21H21F2N5O5/c1-27-17(30)7-13(9-25-27)21(22,23)20(33)24-8-11-2-3-14-12(6-11)10-28(19(14)32)15-4-5-16(29)26-18(15)31/h2-3,6-7,9,15,20,24,33H,4-5,8,10H2,1H3,(H,26,29,31)/t15?,20-/m1/s1. The van der Waals surface area contributed by atoms with E-state index < -0.39 is 35.2 Å². The van der Waals surface area contributed by atoms with Crippen molar-refractivity contribution in [3.63, 3.8) is 0 Å². The third kappa shape index (κ3) is 4.26. The average molecular weight is 461 g/mol. The molecule has 0 saturated carbocycles. The summed E-state index contributed by atoms with van der Waals surface area (Å²) in [6.07, 6.45) is -1.10. The smallest absolute Gasteiger partial charge is 0.313 e. The number of nitrogens with zero attached hydrogens (tertiary/aromatic N) is 3. The molecule has 3 N–H and O–H groups in total. The van der Waals surface area contributed by atoms with Crippen LogP contribution in [0.3, 0.4) is 0 Å². The molecule has 0 spiro atoms. The van der Waals surface area contributed by atoms with Gasteiger partial charge in [0.2, 0.25) is 11.8 Å². The molecule has 3 amide bonds. The lowest BCUT2D eigenvalue weighted by Gasteiger charge is -2.29. The summed E-state index contributed by atoms with van der Waals surface area (Å²) >= 11 is 0. The number of aliphatic hydroxyl groups is 1. The summed E-state index contributed by atoms with van der Waals surface area (Å²) in [5.41, 5.74) is 0.0819. The van der Waals surface area contributed by atoms with E-state index in [2.05, 4.69) is 15.7 Å². The second kappa shape index (κ2) is 8.45. The van der Waals surface area contributed by atoms with Crippen LogP contribution >= 0.6 is 0 Å². The molecule has 1 aromatic heterocycles. The Morgan fingerprint density at radius 1 is 1.27 bits per heavy atom. The number of aromatic nitrogens is 2. The van der Waals surface area contributed by atoms with Gasteiger partial charge in [0.15, 0.2) is 6.23 Å². The number of aryl methyl sites for hydroxylation is 1. The molecule has 4 rings (SSSR count). The third-order valence-electron chi connectivity index (χ3n) is 5.78. The van der Waals surface area contributed by atoms with Crippen LogP contribution in [0, 0.1) is 0 Å². The first kappa shape index (κ1) is 22.7. The highest BCUT2D eigenvalue weighted by atomic mass is 19.3. The SMILES string of the molecule is Cn1ncc(C(F)(F)[C@@H](O)NCc2ccc3c(c2)CN(C2CCC(=O)NC2=O)C3=O)cc1=O. The summed E-state index contributed by atoms with van der Waals surface area (Å²) in [5, 5.41) is 18.1. The average Bonchev–Trinajstić information content (AvgIpc) is 3.09. The fourth-order valence-corrected chi connectivity index (χ4v) is 3.89. The Morgan fingerprint density at radius 3 is 2.73 bits per heavy atom. The van der Waals surface area contributed by atoms with Crippen molar-refractivity contribution in [2.75, 3.05) is 0 Å². The van der Waals surface area contributed by atoms with Crippen LogP contribution in [0.25, 0.3) is 0 Å². The minimum Gasteiger partial charge on any atom is -0.372 e. The van der Waals surface area contributed by atoms with Crippen molar-refractivity contribution >= 4 is 17.7 Å². The number of amides is 3. The molecule has 3 heterocycles. The first-order chi connectivity index (χ1) is 15.6. The van der Waals surface area contributed by atoms with E-state index in [0.717, 1.165) is 10.9 Å². The molecule has 0 bridgehead atoms. The fraction of sp³-hybridized carbons (Fsp3) is 0.381. The van der Waals surface area contributed by atoms with Gasteiger partial charge >= 0.3 is 5.92 Å². The predicted molar refractivity (Wildman–Crippen MR) is 109 cm³/mol. The molecule has 1 aromatic carbocycles. The molecule has 174 valence electrons. The Bertz CT molecular complexity index is 1200. The lowest BCUT2D eigenvalue weighted by Crippen LogP contribution is -2.52. The molecule has 33 heavy (non-hydrogen) atoms. The maximum Gasteiger partial charge on any atom is 0.313 e. The fourth-order valence-electron chi connectivity index (χ4n) is 3.89. The minimum absolute atomic E-state index is 0.140. The van der Waals surface area contributed by atoms with Crippen LogP contribution in [0.4, 0.5) is 8.78 Å². The lowest BCUT2D eigenvalue weighted by atomic mass is 10.0. The van der Waals surface area contributed by atoms with Crippen LogP contribution < -0.4 is 16.2 Å². The summed E-state index contributed by atoms with van der Waals surface area (Å²) in [7, 11) is 1.32. The summed E-state index contributed by atoms with van der Waals surface area (Å²) in [4.78, 5) is 49.2. The zero-order chi connectivity index (χ0) is 23.9. The number of nitrogens with one attached hydrogen (secondary N) is 2. The topological polar surface area (TPSA) is 134 Å². The highest BCUT2D eigenvalue weighted by molar-refractivity contribution is 6.05. The molecule has 2 aliphatic heterocycles. The number of fused-ring (bicyclic) bond motifs is 1. The molecule has 12 heteroatoms. The van der Waals surface area contributed by atoms with Crippen molar-refractivity contribution in [3.8, 4) is 0 Å². The van der Waals surface area contributed by atoms with Gasteiger partial charge < -0.3 is 10.0 Å². The molecule has 2 aromatic rings. The Kier molecular flexibility index (Phi) is 5.80. The van der Waals surface area contributed by atoms with E-state index in [1.165, 1.54) is 18.0 Å². The molecule has 10 nitrogen and oxygen atoms in total. The Morgan fingerprint density at radius 2 is 2.03 bits per heavy atom. The van der Waals surface area contributed by atoms with E-state index in [9.17, 15) is 33.1 Å².